The van der Waals surface area contributed by atoms with Crippen LogP contribution in [0, 0.1) is 0 Å². The van der Waals surface area contributed by atoms with Crippen LogP contribution in [0.1, 0.15) is 125 Å². The molecule has 0 aromatic rings. The number of rotatable bonds is 24. The van der Waals surface area contributed by atoms with Crippen molar-refractivity contribution in [3.63, 3.8) is 0 Å². The van der Waals surface area contributed by atoms with Crippen molar-refractivity contribution in [3.05, 3.63) is 0 Å². The Labute approximate surface area is 682 Å². The van der Waals surface area contributed by atoms with Gasteiger partial charge in [0.2, 0.25) is 0 Å². The normalized spacial score (nSPS) is 34.6. The molecule has 0 N–H and O–H groups in total. The largest absolute Gasteiger partial charge is 0.463 e. The lowest BCUT2D eigenvalue weighted by Crippen LogP contribution is -2.71. The number of carbonyl (C=O) groups is 18. The molecule has 30 atom stereocenters. The third kappa shape index (κ3) is 27.5. The Balaban J connectivity index is 1.64. The summed E-state index contributed by atoms with van der Waals surface area (Å²) >= 11 is 0. The van der Waals surface area contributed by atoms with E-state index in [-0.39, 0.29) is 0 Å². The van der Waals surface area contributed by atoms with Crippen LogP contribution in [0.15, 0.2) is 0 Å². The first-order chi connectivity index (χ1) is 56.3. The second-order valence-electron chi connectivity index (χ2n) is 27.6. The number of ether oxygens (including phenoxy) is 30. The molecule has 48 heteroatoms. The Morgan fingerprint density at radius 1 is 0.150 bits per heavy atom. The minimum absolute atomic E-state index is 0.826. The van der Waals surface area contributed by atoms with Crippen molar-refractivity contribution in [2.75, 3.05) is 39.6 Å². The van der Waals surface area contributed by atoms with Gasteiger partial charge in [0.1, 0.15) is 113 Å². The first-order valence-corrected chi connectivity index (χ1v) is 37.0. The Kier molecular flexibility index (Phi) is 35.6. The molecular weight excluding hydrogens is 1630 g/mol. The summed E-state index contributed by atoms with van der Waals surface area (Å²) in [4.78, 5) is 243. The third-order valence-corrected chi connectivity index (χ3v) is 17.6. The molecule has 0 saturated carbocycles. The van der Waals surface area contributed by atoms with Gasteiger partial charge in [0.05, 0.1) is 0 Å². The minimum atomic E-state index is -2.39. The van der Waals surface area contributed by atoms with Crippen LogP contribution in [0.4, 0.5) is 0 Å². The van der Waals surface area contributed by atoms with Crippen molar-refractivity contribution in [3.8, 4) is 0 Å². The zero-order valence-electron chi connectivity index (χ0n) is 68.2. The predicted molar refractivity (Wildman–Crippen MR) is 368 cm³/mol. The van der Waals surface area contributed by atoms with Crippen LogP contribution in [0.3, 0.4) is 0 Å². The molecule has 0 amide bonds. The van der Waals surface area contributed by atoms with Crippen molar-refractivity contribution < 1.29 is 228 Å². The van der Waals surface area contributed by atoms with Gasteiger partial charge in [0.25, 0.3) is 0 Å². The van der Waals surface area contributed by atoms with E-state index in [0.29, 0.717) is 0 Å². The van der Waals surface area contributed by atoms with Crippen LogP contribution < -0.4 is 0 Å². The Morgan fingerprint density at radius 3 is 0.342 bits per heavy atom. The number of carbonyl (C=O) groups excluding carboxylic acids is 18. The van der Waals surface area contributed by atoms with Gasteiger partial charge in [0.15, 0.2) is 111 Å². The second kappa shape index (κ2) is 44.0. The predicted octanol–water partition coefficient (Wildman–Crippen LogP) is -2.78. The molecule has 672 valence electrons. The molecule has 0 aromatic carbocycles. The summed E-state index contributed by atoms with van der Waals surface area (Å²) in [6.45, 7) is 9.13. The van der Waals surface area contributed by atoms with E-state index in [1.54, 1.807) is 0 Å². The molecule has 0 spiro atoms. The maximum atomic E-state index is 13.8. The molecule has 22 heterocycles. The van der Waals surface area contributed by atoms with Crippen LogP contribution in [0.25, 0.3) is 0 Å². The van der Waals surface area contributed by atoms with E-state index in [9.17, 15) is 86.3 Å². The highest BCUT2D eigenvalue weighted by molar-refractivity contribution is 5.72. The molecule has 12 bridgehead atoms. The average Bonchev–Trinajstić information content (AvgIpc) is 0.754. The number of esters is 18. The highest BCUT2D eigenvalue weighted by atomic mass is 16.8. The quantitative estimate of drug-likeness (QED) is 0.0697. The fourth-order valence-corrected chi connectivity index (χ4v) is 13.7. The van der Waals surface area contributed by atoms with Gasteiger partial charge in [-0.3, -0.25) is 86.3 Å². The van der Waals surface area contributed by atoms with Crippen LogP contribution >= 0.6 is 0 Å². The van der Waals surface area contributed by atoms with Gasteiger partial charge in [-0.2, -0.15) is 0 Å². The molecule has 0 aromatic heterocycles. The Bertz CT molecular complexity index is 3120. The van der Waals surface area contributed by atoms with E-state index < -0.39 is 331 Å². The lowest BCUT2D eigenvalue weighted by atomic mass is 9.94. The van der Waals surface area contributed by atoms with Gasteiger partial charge in [-0.1, -0.05) is 0 Å². The van der Waals surface area contributed by atoms with E-state index in [4.69, 9.17) is 142 Å². The molecule has 22 aliphatic rings. The monoisotopic (exact) mass is 1730 g/mol. The minimum Gasteiger partial charge on any atom is -0.463 e. The smallest absolute Gasteiger partial charge is 0.303 e. The summed E-state index contributed by atoms with van der Waals surface area (Å²) in [5.41, 5.74) is 0. The highest BCUT2D eigenvalue weighted by Crippen LogP contribution is 2.44. The fraction of sp³-hybridized carbons (Fsp3) is 0.750. The van der Waals surface area contributed by atoms with Crippen LogP contribution in [-0.4, -0.2) is 331 Å². The molecule has 0 radical (unpaired) electrons. The van der Waals surface area contributed by atoms with Crippen LogP contribution in [-0.2, 0) is 228 Å². The molecule has 22 aliphatic heterocycles. The topological polar surface area (TPSA) is 584 Å². The average molecular weight is 1730 g/mol. The van der Waals surface area contributed by atoms with E-state index in [0.717, 1.165) is 125 Å². The number of hydrogen-bond donors (Lipinski definition) is 0. The molecule has 22 fully saturated rings. The van der Waals surface area contributed by atoms with Crippen molar-refractivity contribution in [2.45, 2.75) is 309 Å². The number of hydrogen-bond acceptors (Lipinski definition) is 48. The third-order valence-electron chi connectivity index (χ3n) is 17.6. The lowest BCUT2D eigenvalue weighted by Gasteiger charge is -2.52. The first kappa shape index (κ1) is 97.1. The lowest BCUT2D eigenvalue weighted by molar-refractivity contribution is -0.404. The van der Waals surface area contributed by atoms with E-state index in [1.165, 1.54) is 0 Å². The van der Waals surface area contributed by atoms with Crippen molar-refractivity contribution >= 4 is 107 Å². The summed E-state index contributed by atoms with van der Waals surface area (Å²) in [6, 6.07) is 0. The fourth-order valence-electron chi connectivity index (χ4n) is 13.7. The Hall–Kier alpha value is -10.0. The summed E-state index contributed by atoms with van der Waals surface area (Å²) in [5.74, 6) is -21.5. The van der Waals surface area contributed by atoms with Gasteiger partial charge in [-0.15, -0.1) is 0 Å². The zero-order valence-corrected chi connectivity index (χ0v) is 68.2. The summed E-state index contributed by atoms with van der Waals surface area (Å²) in [5, 5.41) is 0. The molecule has 22 saturated heterocycles. The molecule has 12 unspecified atom stereocenters. The van der Waals surface area contributed by atoms with E-state index in [1.807, 2.05) is 0 Å². The van der Waals surface area contributed by atoms with Crippen molar-refractivity contribution in [2.24, 2.45) is 0 Å². The maximum Gasteiger partial charge on any atom is 0.303 e. The summed E-state index contributed by atoms with van der Waals surface area (Å²) < 4.78 is 183. The van der Waals surface area contributed by atoms with Crippen molar-refractivity contribution in [1.29, 1.82) is 0 Å². The zero-order chi connectivity index (χ0) is 89.2. The van der Waals surface area contributed by atoms with Crippen LogP contribution in [0.2, 0.25) is 0 Å². The SMILES string of the molecule is CC(=O)OC[C@H]1O[C@@H]2O[C@H]3C(OC(C)=O)C(OC(C)=O)[C@H](O[C@@H]3COC(C)=O)O[C@H]3C(OC(C)=O)C(OC(C)=O)[C@H](O[C@@H]3COC(C)=O)O[C@H]3C(OC(C)=O)C(OC(C)=O)[C@H](O[C@@H]3COC(C)=O)O[C@H]3C(OC(C)=O)C(OC(C)=O)[C@H](O[C@@H]3COC(C)=O)O[C@H]3C(OC(C)=O)C(OC(C)=O)[C@H](O[C@@H]3COC(C)=O)O[C@H]1C(OC(C)=O)C2OC(C)=O. The maximum absolute atomic E-state index is 13.8. The van der Waals surface area contributed by atoms with Gasteiger partial charge in [-0.05, 0) is 0 Å². The highest BCUT2D eigenvalue weighted by Gasteiger charge is 2.65. The second-order valence-corrected chi connectivity index (χ2v) is 27.6. The van der Waals surface area contributed by atoms with Gasteiger partial charge < -0.3 is 142 Å². The van der Waals surface area contributed by atoms with Gasteiger partial charge in [-0.25, -0.2) is 0 Å². The molecular formula is C72H96O48. The van der Waals surface area contributed by atoms with E-state index >= 15 is 0 Å². The summed E-state index contributed by atoms with van der Waals surface area (Å²) in [6.07, 6.45) is -67.3. The first-order valence-electron chi connectivity index (χ1n) is 37.0. The van der Waals surface area contributed by atoms with E-state index in [2.05, 4.69) is 0 Å². The van der Waals surface area contributed by atoms with Gasteiger partial charge >= 0.3 is 107 Å². The summed E-state index contributed by atoms with van der Waals surface area (Å²) in [7, 11) is 0. The Morgan fingerprint density at radius 2 is 0.250 bits per heavy atom. The molecule has 48 nitrogen and oxygen atoms in total. The molecule has 120 heavy (non-hydrogen) atoms. The van der Waals surface area contributed by atoms with Gasteiger partial charge in [0, 0.05) is 125 Å². The molecule has 0 aliphatic carbocycles. The molecule has 22 rings (SSSR count). The van der Waals surface area contributed by atoms with Crippen molar-refractivity contribution in [1.82, 2.24) is 0 Å². The van der Waals surface area contributed by atoms with Crippen LogP contribution in [0.5, 0.6) is 0 Å². The standard InChI is InChI=1S/C72H96O48/c1-25(73)91-19-43-49-55(97-31(7)79)61(103-37(13)85)67(109-43)116-50-44(20-92-26(2)74)111-69(63(105-39(15)87)56(50)98-32(8)80)118-52-46(22-94-28(4)76)113-71(65(107-41(17)89)58(52)100-34(10)82)120-54-48(24-96-30(6)78)114-72(66(108-42(18)90)60(54)102-36(12)84)119-53-47(23-95-29(5)77)112-70(64(106-40(16)88)59(53)101-35(11)83)117-51-45(21-93-27(3)75)110-68(115-49)62(104-38(14)86)57(51)99-33(9)81/h43-72H,19-24H2,1-18H3/t43-,44-,45-,46-,47-,48-,49-,50-,51-,52-,53-,54-,55?,56?,57?,58?,59?,60?,61?,62?,63?,64?,65?,66?,67-,68-,69-,70-,71-,72-/m1/s1.